The van der Waals surface area contributed by atoms with Crippen molar-refractivity contribution in [2.75, 3.05) is 12.4 Å². The lowest BCUT2D eigenvalue weighted by atomic mass is 10.2. The van der Waals surface area contributed by atoms with E-state index in [1.807, 2.05) is 24.3 Å². The van der Waals surface area contributed by atoms with Gasteiger partial charge < -0.3 is 9.84 Å². The van der Waals surface area contributed by atoms with Crippen molar-refractivity contribution in [3.05, 3.63) is 58.6 Å². The van der Waals surface area contributed by atoms with Crippen LogP contribution in [-0.2, 0) is 10.5 Å². The summed E-state index contributed by atoms with van der Waals surface area (Å²) in [7, 11) is 0. The third-order valence-electron chi connectivity index (χ3n) is 3.73. The third kappa shape index (κ3) is 7.42. The first-order valence-corrected chi connectivity index (χ1v) is 12.3. The van der Waals surface area contributed by atoms with Crippen molar-refractivity contribution in [3.63, 3.8) is 0 Å². The molecule has 0 aliphatic rings. The summed E-state index contributed by atoms with van der Waals surface area (Å²) in [5.41, 5.74) is 4.18. The van der Waals surface area contributed by atoms with Crippen LogP contribution in [0.25, 0.3) is 0 Å². The van der Waals surface area contributed by atoms with Crippen LogP contribution >= 0.6 is 46.5 Å². The minimum Gasteiger partial charge on any atom is -0.870 e. The lowest BCUT2D eigenvalue weighted by Gasteiger charge is -2.13. The summed E-state index contributed by atoms with van der Waals surface area (Å²) in [5, 5.41) is 23.5. The van der Waals surface area contributed by atoms with E-state index >= 15 is 0 Å². The first-order chi connectivity index (χ1) is 15.0. The Balaban J connectivity index is 1.43. The fraction of sp³-hybridized carbons (Fsp3) is 0.200. The maximum absolute atomic E-state index is 12.0. The monoisotopic (exact) mass is 494 g/mol. The number of nitrogens with one attached hydrogen (secondary N) is 2. The number of hydrogen-bond acceptors (Lipinski definition) is 8. The van der Waals surface area contributed by atoms with E-state index in [9.17, 15) is 9.90 Å². The van der Waals surface area contributed by atoms with Gasteiger partial charge in [0.2, 0.25) is 4.34 Å². The van der Waals surface area contributed by atoms with Crippen molar-refractivity contribution in [3.8, 4) is 11.5 Å². The zero-order valence-corrected chi connectivity index (χ0v) is 19.7. The Kier molecular flexibility index (Phi) is 9.01. The van der Waals surface area contributed by atoms with E-state index in [2.05, 4.69) is 20.7 Å². The predicted octanol–water partition coefficient (Wildman–Crippen LogP) is 3.62. The van der Waals surface area contributed by atoms with E-state index in [1.54, 1.807) is 30.8 Å². The quantitative estimate of drug-likeness (QED) is 0.262. The van der Waals surface area contributed by atoms with Crippen molar-refractivity contribution < 1.29 is 19.7 Å². The summed E-state index contributed by atoms with van der Waals surface area (Å²) >= 11 is 10.6. The Morgan fingerprint density at radius 3 is 3.00 bits per heavy atom. The number of carbonyl (C=O) groups excluding carboxylic acids is 1. The fourth-order valence-corrected chi connectivity index (χ4v) is 5.48. The van der Waals surface area contributed by atoms with E-state index in [0.717, 1.165) is 25.0 Å². The summed E-state index contributed by atoms with van der Waals surface area (Å²) in [6.45, 7) is 2.21. The summed E-state index contributed by atoms with van der Waals surface area (Å²) in [6, 6.07) is 12.3. The van der Waals surface area contributed by atoms with E-state index < -0.39 is 0 Å². The zero-order valence-electron chi connectivity index (χ0n) is 16.5. The van der Waals surface area contributed by atoms with Gasteiger partial charge in [-0.1, -0.05) is 64.5 Å². The molecular weight excluding hydrogens is 476 g/mol. The average molecular weight is 495 g/mol. The third-order valence-corrected chi connectivity index (χ3v) is 7.40. The number of hydrogen-bond donors (Lipinski definition) is 1. The molecule has 0 bridgehead atoms. The molecule has 0 atom stereocenters. The number of thioether (sulfide) groups is 2. The predicted molar refractivity (Wildman–Crippen MR) is 123 cm³/mol. The number of aromatic nitrogens is 2. The molecule has 162 valence electrons. The van der Waals surface area contributed by atoms with Crippen LogP contribution in [-0.4, -0.2) is 29.6 Å². The number of halogens is 1. The van der Waals surface area contributed by atoms with Crippen molar-refractivity contribution in [1.29, 1.82) is 0 Å². The van der Waals surface area contributed by atoms with Crippen molar-refractivity contribution >= 4 is 58.6 Å². The second-order valence-electron chi connectivity index (χ2n) is 5.98. The largest absolute Gasteiger partial charge is 0.870 e. The SMILES string of the molecule is CCOc1cc(C=NNC(=O)CSc2n[nH+]c(SCc3ccccc3Cl)s2)ccc1[O-]. The second-order valence-corrected chi connectivity index (χ2v) is 9.85. The van der Waals surface area contributed by atoms with Crippen molar-refractivity contribution in [1.82, 2.24) is 10.5 Å². The van der Waals surface area contributed by atoms with Crippen LogP contribution in [0, 0.1) is 0 Å². The zero-order chi connectivity index (χ0) is 22.1. The molecule has 0 spiro atoms. The maximum Gasteiger partial charge on any atom is 0.323 e. The second kappa shape index (κ2) is 11.9. The number of nitrogens with zero attached hydrogens (tertiary/aromatic N) is 2. The highest BCUT2D eigenvalue weighted by Crippen LogP contribution is 2.30. The van der Waals surface area contributed by atoms with Crippen LogP contribution in [0.1, 0.15) is 18.1 Å². The minimum absolute atomic E-state index is 0.178. The normalized spacial score (nSPS) is 11.0. The number of amides is 1. The highest BCUT2D eigenvalue weighted by atomic mass is 35.5. The van der Waals surface area contributed by atoms with Crippen LogP contribution in [0.4, 0.5) is 0 Å². The van der Waals surface area contributed by atoms with Gasteiger partial charge >= 0.3 is 4.34 Å². The number of rotatable bonds is 10. The molecule has 3 rings (SSSR count). The molecule has 1 heterocycles. The van der Waals surface area contributed by atoms with E-state index in [0.29, 0.717) is 12.2 Å². The van der Waals surface area contributed by atoms with Crippen LogP contribution in [0.15, 0.2) is 56.2 Å². The molecule has 31 heavy (non-hydrogen) atoms. The lowest BCUT2D eigenvalue weighted by Crippen LogP contribution is -2.19. The number of aromatic amines is 1. The summed E-state index contributed by atoms with van der Waals surface area (Å²) < 4.78 is 6.96. The van der Waals surface area contributed by atoms with Crippen LogP contribution in [0.5, 0.6) is 11.5 Å². The first-order valence-electron chi connectivity index (χ1n) is 9.18. The van der Waals surface area contributed by atoms with Crippen LogP contribution in [0.3, 0.4) is 0 Å². The molecule has 3 aromatic rings. The molecule has 1 amide bonds. The van der Waals surface area contributed by atoms with Gasteiger partial charge in [0.05, 0.1) is 18.6 Å². The molecule has 0 radical (unpaired) electrons. The molecule has 0 fully saturated rings. The number of benzene rings is 2. The van der Waals surface area contributed by atoms with Crippen molar-refractivity contribution in [2.45, 2.75) is 21.4 Å². The minimum atomic E-state index is -0.257. The Morgan fingerprint density at radius 1 is 1.35 bits per heavy atom. The molecule has 0 saturated carbocycles. The van der Waals surface area contributed by atoms with Crippen LogP contribution < -0.4 is 20.4 Å². The Labute approximate surface area is 197 Å². The molecule has 0 aliphatic heterocycles. The Morgan fingerprint density at radius 2 is 2.19 bits per heavy atom. The standard InChI is InChI=1S/C20H19ClN4O3S3/c1-2-28-17-9-13(7-8-16(17)26)10-22-23-18(27)12-30-20-25-24-19(31-20)29-11-14-5-3-4-6-15(14)21/h3-10,26H,2,11-12H2,1H3,(H,23,27). The van der Waals surface area contributed by atoms with Gasteiger partial charge in [0.25, 0.3) is 5.91 Å². The lowest BCUT2D eigenvalue weighted by molar-refractivity contribution is -0.492. The summed E-state index contributed by atoms with van der Waals surface area (Å²) in [4.78, 5) is 12.0. The average Bonchev–Trinajstić information content (AvgIpc) is 3.22. The molecule has 0 unspecified atom stereocenters. The molecule has 0 aliphatic carbocycles. The van der Waals surface area contributed by atoms with E-state index in [-0.39, 0.29) is 23.2 Å². The van der Waals surface area contributed by atoms with Crippen LogP contribution in [0.2, 0.25) is 5.02 Å². The van der Waals surface area contributed by atoms with Gasteiger partial charge in [0, 0.05) is 15.9 Å². The van der Waals surface area contributed by atoms with Gasteiger partial charge in [-0.25, -0.2) is 5.43 Å². The fourth-order valence-electron chi connectivity index (χ4n) is 2.31. The summed E-state index contributed by atoms with van der Waals surface area (Å²) in [6.07, 6.45) is 1.46. The van der Waals surface area contributed by atoms with Gasteiger partial charge in [-0.15, -0.1) is 0 Å². The number of H-pyrrole nitrogens is 1. The molecule has 1 aromatic heterocycles. The highest BCUT2D eigenvalue weighted by molar-refractivity contribution is 8.03. The van der Waals surface area contributed by atoms with Crippen molar-refractivity contribution in [2.24, 2.45) is 5.10 Å². The van der Waals surface area contributed by atoms with E-state index in [1.165, 1.54) is 35.4 Å². The number of carbonyl (C=O) groups is 1. The first kappa shape index (κ1) is 23.4. The van der Waals surface area contributed by atoms with Gasteiger partial charge in [-0.05, 0) is 53.3 Å². The number of ether oxygens (including phenoxy) is 1. The van der Waals surface area contributed by atoms with E-state index in [4.69, 9.17) is 16.3 Å². The highest BCUT2D eigenvalue weighted by Gasteiger charge is 2.14. The molecule has 2 N–H and O–H groups in total. The maximum atomic E-state index is 12.0. The number of hydrazone groups is 1. The topological polar surface area (TPSA) is 101 Å². The summed E-state index contributed by atoms with van der Waals surface area (Å²) in [5.74, 6) is 0.723. The Hall–Kier alpha value is -2.27. The Bertz CT molecular complexity index is 1060. The molecule has 0 saturated heterocycles. The van der Waals surface area contributed by atoms with Gasteiger partial charge in [-0.2, -0.15) is 5.10 Å². The van der Waals surface area contributed by atoms with Gasteiger partial charge in [0.1, 0.15) is 5.75 Å². The molecule has 7 nitrogen and oxygen atoms in total. The molecule has 11 heteroatoms. The molecular formula is C20H19ClN4O3S3. The van der Waals surface area contributed by atoms with Gasteiger partial charge in [0.15, 0.2) is 0 Å². The smallest absolute Gasteiger partial charge is 0.323 e. The van der Waals surface area contributed by atoms with Gasteiger partial charge in [-0.3, -0.25) is 4.79 Å². The molecule has 2 aromatic carbocycles.